The molecule has 0 spiro atoms. The summed E-state index contributed by atoms with van der Waals surface area (Å²) in [4.78, 5) is 39.0. The Morgan fingerprint density at radius 2 is 1.64 bits per heavy atom. The van der Waals surface area contributed by atoms with E-state index in [0.717, 1.165) is 35.1 Å². The van der Waals surface area contributed by atoms with Gasteiger partial charge in [-0.1, -0.05) is 55.5 Å². The molecule has 0 bridgehead atoms. The first kappa shape index (κ1) is 22.8. The second-order valence-electron chi connectivity index (χ2n) is 9.48. The number of rotatable bonds is 5. The topological polar surface area (TPSA) is 95.9 Å². The number of amides is 2. The number of likely N-dealkylation sites (tertiary alicyclic amines) is 1. The maximum Gasteiger partial charge on any atom is 0.408 e. The molecule has 2 amide bonds. The molecule has 33 heavy (non-hydrogen) atoms. The third-order valence-corrected chi connectivity index (χ3v) is 6.74. The number of carbonyl (C=O) groups is 3. The molecule has 2 atom stereocenters. The Bertz CT molecular complexity index is 1030. The van der Waals surface area contributed by atoms with Crippen LogP contribution < -0.4 is 5.32 Å². The highest BCUT2D eigenvalue weighted by Crippen LogP contribution is 2.44. The summed E-state index contributed by atoms with van der Waals surface area (Å²) >= 11 is 0. The predicted molar refractivity (Wildman–Crippen MR) is 124 cm³/mol. The average Bonchev–Trinajstić information content (AvgIpc) is 3.10. The van der Waals surface area contributed by atoms with Gasteiger partial charge in [0.25, 0.3) is 0 Å². The fourth-order valence-corrected chi connectivity index (χ4v) is 5.09. The molecule has 174 valence electrons. The summed E-state index contributed by atoms with van der Waals surface area (Å²) in [5.74, 6) is -1.67. The monoisotopic (exact) mass is 450 g/mol. The fraction of sp³-hybridized carbons (Fsp3) is 0.423. The van der Waals surface area contributed by atoms with E-state index in [4.69, 9.17) is 4.74 Å². The van der Waals surface area contributed by atoms with Gasteiger partial charge in [0.1, 0.15) is 18.2 Å². The molecule has 1 aliphatic heterocycles. The van der Waals surface area contributed by atoms with E-state index in [0.29, 0.717) is 6.54 Å². The van der Waals surface area contributed by atoms with Crippen LogP contribution in [0.15, 0.2) is 48.5 Å². The fourth-order valence-electron chi connectivity index (χ4n) is 5.09. The first-order valence-electron chi connectivity index (χ1n) is 11.4. The summed E-state index contributed by atoms with van der Waals surface area (Å²) in [7, 11) is 0. The minimum Gasteiger partial charge on any atom is -0.480 e. The predicted octanol–water partition coefficient (Wildman–Crippen LogP) is 4.02. The molecule has 0 saturated carbocycles. The van der Waals surface area contributed by atoms with Crippen LogP contribution in [0.4, 0.5) is 4.79 Å². The van der Waals surface area contributed by atoms with Crippen molar-refractivity contribution in [2.75, 3.05) is 13.2 Å². The maximum atomic E-state index is 13.2. The molecule has 2 aromatic carbocycles. The highest BCUT2D eigenvalue weighted by atomic mass is 16.5. The van der Waals surface area contributed by atoms with Gasteiger partial charge in [0.15, 0.2) is 0 Å². The van der Waals surface area contributed by atoms with Gasteiger partial charge < -0.3 is 20.1 Å². The van der Waals surface area contributed by atoms with E-state index < -0.39 is 29.6 Å². The molecule has 1 aliphatic carbocycles. The second-order valence-corrected chi connectivity index (χ2v) is 9.48. The molecule has 4 rings (SSSR count). The number of carboxylic acid groups (broad SMARTS) is 1. The Labute approximate surface area is 193 Å². The maximum absolute atomic E-state index is 13.2. The van der Waals surface area contributed by atoms with Crippen LogP contribution in [0.25, 0.3) is 11.1 Å². The Morgan fingerprint density at radius 1 is 1.06 bits per heavy atom. The highest BCUT2D eigenvalue weighted by Gasteiger charge is 2.43. The smallest absolute Gasteiger partial charge is 0.408 e. The minimum absolute atomic E-state index is 0.0821. The number of nitrogens with zero attached hydrogens (tertiary/aromatic N) is 1. The Hall–Kier alpha value is -3.35. The Balaban J connectivity index is 1.43. The number of alkyl carbamates (subject to hydrolysis) is 1. The van der Waals surface area contributed by atoms with E-state index in [1.807, 2.05) is 43.3 Å². The normalized spacial score (nSPS) is 20.0. The van der Waals surface area contributed by atoms with Crippen molar-refractivity contribution in [1.82, 2.24) is 10.2 Å². The van der Waals surface area contributed by atoms with Gasteiger partial charge in [0.2, 0.25) is 5.91 Å². The number of hydrogen-bond acceptors (Lipinski definition) is 4. The van der Waals surface area contributed by atoms with Crippen LogP contribution >= 0.6 is 0 Å². The van der Waals surface area contributed by atoms with Crippen LogP contribution in [0, 0.1) is 5.92 Å². The van der Waals surface area contributed by atoms with Crippen molar-refractivity contribution in [3.05, 3.63) is 59.7 Å². The lowest BCUT2D eigenvalue weighted by Crippen LogP contribution is -2.62. The molecule has 2 aliphatic rings. The lowest BCUT2D eigenvalue weighted by Gasteiger charge is -2.41. The van der Waals surface area contributed by atoms with Crippen LogP contribution in [0.2, 0.25) is 0 Å². The van der Waals surface area contributed by atoms with E-state index in [-0.39, 0.29) is 18.4 Å². The van der Waals surface area contributed by atoms with Crippen molar-refractivity contribution < 1.29 is 24.2 Å². The third kappa shape index (κ3) is 4.32. The summed E-state index contributed by atoms with van der Waals surface area (Å²) < 4.78 is 5.57. The van der Waals surface area contributed by atoms with Crippen molar-refractivity contribution >= 4 is 18.0 Å². The number of nitrogens with one attached hydrogen (secondary N) is 1. The molecule has 7 heteroatoms. The van der Waals surface area contributed by atoms with E-state index in [2.05, 4.69) is 17.4 Å². The molecular formula is C26H30N2O5. The molecule has 7 nitrogen and oxygen atoms in total. The lowest BCUT2D eigenvalue weighted by molar-refractivity contribution is -0.157. The number of benzene rings is 2. The third-order valence-electron chi connectivity index (χ3n) is 6.74. The van der Waals surface area contributed by atoms with Crippen molar-refractivity contribution in [1.29, 1.82) is 0 Å². The number of hydrogen-bond donors (Lipinski definition) is 2. The number of piperidine rings is 1. The first-order chi connectivity index (χ1) is 15.7. The van der Waals surface area contributed by atoms with Crippen LogP contribution in [0.5, 0.6) is 0 Å². The standard InChI is InChI=1S/C26H30N2O5/c1-16-9-8-14-28(22(16)23(29)30)24(31)26(2,3)27-25(32)33-15-21-19-12-6-4-10-17(19)18-11-5-7-13-20(18)21/h4-7,10-13,16,21-22H,8-9,14-15H2,1-3H3,(H,27,32)(H,29,30). The van der Waals surface area contributed by atoms with Crippen molar-refractivity contribution in [2.45, 2.75) is 51.1 Å². The highest BCUT2D eigenvalue weighted by molar-refractivity contribution is 5.92. The van der Waals surface area contributed by atoms with Gasteiger partial charge in [-0.05, 0) is 54.9 Å². The number of aliphatic carboxylic acids is 1. The summed E-state index contributed by atoms with van der Waals surface area (Å²) in [6.07, 6.45) is 0.783. The minimum atomic E-state index is -1.30. The molecule has 2 aromatic rings. The number of ether oxygens (including phenoxy) is 1. The van der Waals surface area contributed by atoms with Crippen LogP contribution in [-0.4, -0.2) is 52.7 Å². The van der Waals surface area contributed by atoms with Crippen molar-refractivity contribution in [3.8, 4) is 11.1 Å². The zero-order valence-corrected chi connectivity index (χ0v) is 19.2. The van der Waals surface area contributed by atoms with Gasteiger partial charge in [0.05, 0.1) is 0 Å². The lowest BCUT2D eigenvalue weighted by atomic mass is 9.89. The number of fused-ring (bicyclic) bond motifs is 3. The zero-order valence-electron chi connectivity index (χ0n) is 19.2. The van der Waals surface area contributed by atoms with E-state index >= 15 is 0 Å². The molecule has 1 saturated heterocycles. The van der Waals surface area contributed by atoms with Crippen molar-refractivity contribution in [2.24, 2.45) is 5.92 Å². The summed E-state index contributed by atoms with van der Waals surface area (Å²) in [5.41, 5.74) is 3.18. The van der Waals surface area contributed by atoms with Gasteiger partial charge in [-0.3, -0.25) is 4.79 Å². The molecule has 0 radical (unpaired) electrons. The van der Waals surface area contributed by atoms with Gasteiger partial charge in [-0.15, -0.1) is 0 Å². The van der Waals surface area contributed by atoms with Gasteiger partial charge in [-0.2, -0.15) is 0 Å². The molecule has 0 aromatic heterocycles. The SMILES string of the molecule is CC1CCCN(C(=O)C(C)(C)NC(=O)OCC2c3ccccc3-c3ccccc32)C1C(=O)O. The second kappa shape index (κ2) is 8.89. The summed E-state index contributed by atoms with van der Waals surface area (Å²) in [6, 6.07) is 15.2. The largest absolute Gasteiger partial charge is 0.480 e. The van der Waals surface area contributed by atoms with Gasteiger partial charge in [-0.25, -0.2) is 9.59 Å². The Morgan fingerprint density at radius 3 is 2.21 bits per heavy atom. The average molecular weight is 451 g/mol. The molecule has 2 unspecified atom stereocenters. The van der Waals surface area contributed by atoms with Crippen molar-refractivity contribution in [3.63, 3.8) is 0 Å². The number of carbonyl (C=O) groups excluding carboxylic acids is 2. The van der Waals surface area contributed by atoms with E-state index in [9.17, 15) is 19.5 Å². The summed E-state index contributed by atoms with van der Waals surface area (Å²) in [5, 5.41) is 12.3. The summed E-state index contributed by atoms with van der Waals surface area (Å²) in [6.45, 7) is 5.49. The van der Waals surface area contributed by atoms with Gasteiger partial charge >= 0.3 is 12.1 Å². The Kier molecular flexibility index (Phi) is 6.15. The van der Waals surface area contributed by atoms with Crippen LogP contribution in [0.1, 0.15) is 50.7 Å². The molecule has 1 heterocycles. The molecular weight excluding hydrogens is 420 g/mol. The zero-order chi connectivity index (χ0) is 23.8. The molecule has 2 N–H and O–H groups in total. The first-order valence-corrected chi connectivity index (χ1v) is 11.4. The van der Waals surface area contributed by atoms with Crippen LogP contribution in [0.3, 0.4) is 0 Å². The van der Waals surface area contributed by atoms with Crippen LogP contribution in [-0.2, 0) is 14.3 Å². The van der Waals surface area contributed by atoms with Gasteiger partial charge in [0, 0.05) is 12.5 Å². The number of carboxylic acids is 1. The van der Waals surface area contributed by atoms with E-state index in [1.54, 1.807) is 13.8 Å². The molecule has 1 fully saturated rings. The van der Waals surface area contributed by atoms with E-state index in [1.165, 1.54) is 4.90 Å². The quantitative estimate of drug-likeness (QED) is 0.717.